The van der Waals surface area contributed by atoms with Gasteiger partial charge in [-0.15, -0.1) is 11.6 Å². The van der Waals surface area contributed by atoms with Crippen LogP contribution in [0.15, 0.2) is 18.5 Å². The van der Waals surface area contributed by atoms with Gasteiger partial charge in [0.2, 0.25) is 0 Å². The minimum Gasteiger partial charge on any atom is -0.488 e. The molecule has 3 N–H and O–H groups in total. The zero-order chi connectivity index (χ0) is 28.5. The number of amides is 1. The number of anilines is 3. The fourth-order valence-corrected chi connectivity index (χ4v) is 6.18. The Kier molecular flexibility index (Phi) is 11.4. The molecule has 40 heavy (non-hydrogen) atoms. The van der Waals surface area contributed by atoms with E-state index in [0.717, 1.165) is 63.9 Å². The minimum absolute atomic E-state index is 0.0974. The summed E-state index contributed by atoms with van der Waals surface area (Å²) in [4.78, 5) is 22.7. The molecule has 0 bridgehead atoms. The monoisotopic (exact) mass is 573 g/mol. The van der Waals surface area contributed by atoms with Gasteiger partial charge in [0, 0.05) is 37.9 Å². The zero-order valence-corrected chi connectivity index (χ0v) is 25.3. The highest BCUT2D eigenvalue weighted by atomic mass is 35.5. The van der Waals surface area contributed by atoms with Crippen LogP contribution >= 0.6 is 11.6 Å². The van der Waals surface area contributed by atoms with E-state index in [4.69, 9.17) is 22.1 Å². The molecular weight excluding hydrogens is 526 g/mol. The summed E-state index contributed by atoms with van der Waals surface area (Å²) in [5, 5.41) is 7.53. The van der Waals surface area contributed by atoms with E-state index in [1.807, 2.05) is 10.7 Å². The molecular formula is C30H48ClN7O2. The standard InChI is InChI=1S/C30H48ClN7O2/c1-4-6-8-9-10-12-23(11-7-5-2)37-20-22(31)21-38-30(37)27(28(32)35-38)29(39)34-25-19-33-16-13-26(25)40-24-14-17-36(3)18-15-24/h13,16,19,22-24H,4-12,14-15,17-18,20-21H2,1-3H3,(H2,32,35)(H,34,39). The maximum absolute atomic E-state index is 13.9. The maximum atomic E-state index is 13.9. The molecule has 10 heteroatoms. The molecule has 4 rings (SSSR count). The van der Waals surface area contributed by atoms with Crippen LogP contribution in [0.5, 0.6) is 5.75 Å². The fourth-order valence-electron chi connectivity index (χ4n) is 5.90. The Balaban J connectivity index is 1.56. The number of halogens is 1. The average Bonchev–Trinajstić information content (AvgIpc) is 3.27. The lowest BCUT2D eigenvalue weighted by Crippen LogP contribution is -2.46. The number of nitrogens with two attached hydrogens (primary N) is 1. The van der Waals surface area contributed by atoms with E-state index in [-0.39, 0.29) is 29.2 Å². The van der Waals surface area contributed by atoms with Crippen molar-refractivity contribution in [1.82, 2.24) is 19.7 Å². The Labute approximate surface area is 244 Å². The normalized spacial score (nSPS) is 18.9. The first-order chi connectivity index (χ1) is 19.4. The number of rotatable bonds is 14. The van der Waals surface area contributed by atoms with Crippen LogP contribution in [0.1, 0.15) is 94.8 Å². The molecule has 2 aliphatic heterocycles. The van der Waals surface area contributed by atoms with E-state index in [9.17, 15) is 4.79 Å². The van der Waals surface area contributed by atoms with Crippen molar-refractivity contribution in [2.45, 2.75) is 109 Å². The third kappa shape index (κ3) is 7.81. The van der Waals surface area contributed by atoms with Gasteiger partial charge < -0.3 is 25.6 Å². The van der Waals surface area contributed by atoms with E-state index in [1.165, 1.54) is 25.7 Å². The lowest BCUT2D eigenvalue weighted by atomic mass is 9.99. The van der Waals surface area contributed by atoms with Gasteiger partial charge in [0.1, 0.15) is 28.9 Å². The maximum Gasteiger partial charge on any atom is 0.263 e. The number of hydrogen-bond donors (Lipinski definition) is 2. The van der Waals surface area contributed by atoms with Crippen LogP contribution in [0.2, 0.25) is 0 Å². The van der Waals surface area contributed by atoms with Gasteiger partial charge in [-0.25, -0.2) is 4.68 Å². The number of carbonyl (C=O) groups is 1. The molecule has 0 saturated carbocycles. The third-order valence-corrected chi connectivity index (χ3v) is 8.45. The number of hydrogen-bond acceptors (Lipinski definition) is 7. The number of piperidine rings is 1. The van der Waals surface area contributed by atoms with Gasteiger partial charge in [-0.3, -0.25) is 9.78 Å². The Morgan fingerprint density at radius 3 is 2.60 bits per heavy atom. The second-order valence-electron chi connectivity index (χ2n) is 11.5. The Bertz CT molecular complexity index is 1090. The lowest BCUT2D eigenvalue weighted by Gasteiger charge is -2.39. The molecule has 2 atom stereocenters. The van der Waals surface area contributed by atoms with Gasteiger partial charge in [0.05, 0.1) is 18.1 Å². The van der Waals surface area contributed by atoms with Gasteiger partial charge in [0.15, 0.2) is 5.82 Å². The molecule has 4 heterocycles. The van der Waals surface area contributed by atoms with Crippen LogP contribution in [0.3, 0.4) is 0 Å². The molecule has 0 aliphatic carbocycles. The molecule has 0 radical (unpaired) electrons. The lowest BCUT2D eigenvalue weighted by molar-refractivity contribution is 0.102. The Morgan fingerprint density at radius 2 is 1.85 bits per heavy atom. The summed E-state index contributed by atoms with van der Waals surface area (Å²) in [6.45, 7) is 7.65. The minimum atomic E-state index is -0.296. The van der Waals surface area contributed by atoms with Gasteiger partial charge in [-0.05, 0) is 32.7 Å². The topological polar surface area (TPSA) is 102 Å². The SMILES string of the molecule is CCCCCCCC(CCCC)N1CC(Cl)Cn2nc(N)c(C(=O)Nc3cnccc3OC3CCN(C)CC3)c21. The molecule has 1 amide bonds. The van der Waals surface area contributed by atoms with Gasteiger partial charge >= 0.3 is 0 Å². The van der Waals surface area contributed by atoms with Crippen molar-refractivity contribution < 1.29 is 9.53 Å². The van der Waals surface area contributed by atoms with Crippen molar-refractivity contribution >= 4 is 34.8 Å². The van der Waals surface area contributed by atoms with Crippen molar-refractivity contribution in [3.8, 4) is 5.75 Å². The molecule has 222 valence electrons. The van der Waals surface area contributed by atoms with Crippen LogP contribution in [0.25, 0.3) is 0 Å². The Hall–Kier alpha value is -2.52. The van der Waals surface area contributed by atoms with Crippen LogP contribution in [-0.2, 0) is 6.54 Å². The molecule has 1 fully saturated rings. The number of alkyl halides is 1. The van der Waals surface area contributed by atoms with Crippen molar-refractivity contribution in [1.29, 1.82) is 0 Å². The van der Waals surface area contributed by atoms with Crippen LogP contribution in [-0.4, -0.2) is 69.8 Å². The first kappa shape index (κ1) is 30.4. The summed E-state index contributed by atoms with van der Waals surface area (Å²) < 4.78 is 8.16. The molecule has 0 aromatic carbocycles. The number of carbonyl (C=O) groups excluding carboxylic acids is 1. The summed E-state index contributed by atoms with van der Waals surface area (Å²) in [7, 11) is 2.13. The quantitative estimate of drug-likeness (QED) is 0.213. The summed E-state index contributed by atoms with van der Waals surface area (Å²) in [6.07, 6.45) is 15.9. The zero-order valence-electron chi connectivity index (χ0n) is 24.6. The molecule has 2 aromatic rings. The molecule has 2 aromatic heterocycles. The second-order valence-corrected chi connectivity index (χ2v) is 12.1. The van der Waals surface area contributed by atoms with Crippen molar-refractivity contribution in [3.05, 3.63) is 24.0 Å². The van der Waals surface area contributed by atoms with E-state index >= 15 is 0 Å². The van der Waals surface area contributed by atoms with Crippen LogP contribution in [0.4, 0.5) is 17.3 Å². The number of ether oxygens (including phenoxy) is 1. The Morgan fingerprint density at radius 1 is 1.12 bits per heavy atom. The highest BCUT2D eigenvalue weighted by Crippen LogP contribution is 2.36. The number of unbranched alkanes of at least 4 members (excludes halogenated alkanes) is 5. The van der Waals surface area contributed by atoms with Crippen molar-refractivity contribution in [2.24, 2.45) is 0 Å². The van der Waals surface area contributed by atoms with E-state index < -0.39 is 0 Å². The van der Waals surface area contributed by atoms with Crippen LogP contribution < -0.4 is 20.7 Å². The van der Waals surface area contributed by atoms with E-state index in [1.54, 1.807) is 12.4 Å². The van der Waals surface area contributed by atoms with Gasteiger partial charge in [-0.2, -0.15) is 5.10 Å². The van der Waals surface area contributed by atoms with E-state index in [0.29, 0.717) is 30.1 Å². The summed E-state index contributed by atoms with van der Waals surface area (Å²) in [6, 6.07) is 2.10. The number of likely N-dealkylation sites (tertiary alicyclic amines) is 1. The first-order valence-corrected chi connectivity index (χ1v) is 15.7. The third-order valence-electron chi connectivity index (χ3n) is 8.18. The van der Waals surface area contributed by atoms with Gasteiger partial charge in [-0.1, -0.05) is 58.8 Å². The molecule has 2 unspecified atom stereocenters. The molecule has 1 saturated heterocycles. The number of nitrogen functional groups attached to an aromatic ring is 1. The van der Waals surface area contributed by atoms with Crippen LogP contribution in [0, 0.1) is 0 Å². The number of aromatic nitrogens is 3. The highest BCUT2D eigenvalue weighted by molar-refractivity contribution is 6.21. The summed E-state index contributed by atoms with van der Waals surface area (Å²) in [5.41, 5.74) is 7.38. The van der Waals surface area contributed by atoms with E-state index in [2.05, 4.69) is 46.1 Å². The fraction of sp³-hybridized carbons (Fsp3) is 0.700. The number of nitrogens with zero attached hydrogens (tertiary/aromatic N) is 5. The predicted octanol–water partition coefficient (Wildman–Crippen LogP) is 5.93. The summed E-state index contributed by atoms with van der Waals surface area (Å²) >= 11 is 6.74. The molecule has 9 nitrogen and oxygen atoms in total. The second kappa shape index (κ2) is 14.9. The number of fused-ring (bicyclic) bond motifs is 1. The molecule has 0 spiro atoms. The van der Waals surface area contributed by atoms with Gasteiger partial charge in [0.25, 0.3) is 5.91 Å². The van der Waals surface area contributed by atoms with Crippen molar-refractivity contribution in [3.63, 3.8) is 0 Å². The smallest absolute Gasteiger partial charge is 0.263 e. The first-order valence-electron chi connectivity index (χ1n) is 15.3. The summed E-state index contributed by atoms with van der Waals surface area (Å²) in [5.74, 6) is 1.34. The highest BCUT2D eigenvalue weighted by Gasteiger charge is 2.35. The largest absolute Gasteiger partial charge is 0.488 e. The number of pyridine rings is 1. The predicted molar refractivity (Wildman–Crippen MR) is 164 cm³/mol. The van der Waals surface area contributed by atoms with Crippen molar-refractivity contribution in [2.75, 3.05) is 42.6 Å². The molecule has 2 aliphatic rings. The average molecular weight is 574 g/mol. The number of nitrogens with one attached hydrogen (secondary N) is 1.